The van der Waals surface area contributed by atoms with E-state index in [0.717, 1.165) is 17.6 Å². The van der Waals surface area contributed by atoms with Gasteiger partial charge in [-0.2, -0.15) is 0 Å². The molecule has 21 heavy (non-hydrogen) atoms. The molecule has 0 amide bonds. The number of fused-ring (bicyclic) bond motifs is 1. The second kappa shape index (κ2) is 5.90. The first-order chi connectivity index (χ1) is 10.2. The van der Waals surface area contributed by atoms with Crippen molar-refractivity contribution in [3.05, 3.63) is 70.4 Å². The van der Waals surface area contributed by atoms with E-state index < -0.39 is 0 Å². The van der Waals surface area contributed by atoms with Crippen molar-refractivity contribution < 1.29 is 4.42 Å². The van der Waals surface area contributed by atoms with Crippen LogP contribution in [0.25, 0.3) is 11.0 Å². The fraction of sp³-hybridized carbons (Fsp3) is 0.176. The fourth-order valence-corrected chi connectivity index (χ4v) is 2.76. The van der Waals surface area contributed by atoms with Gasteiger partial charge in [-0.1, -0.05) is 53.6 Å². The number of hydrazine groups is 1. The number of nitrogens with one attached hydrogen (secondary N) is 1. The molecule has 3 aromatic rings. The third-order valence-corrected chi connectivity index (χ3v) is 3.88. The van der Waals surface area contributed by atoms with E-state index in [1.165, 1.54) is 11.1 Å². The Morgan fingerprint density at radius 2 is 2.00 bits per heavy atom. The Balaban J connectivity index is 1.93. The Kier molecular flexibility index (Phi) is 3.97. The van der Waals surface area contributed by atoms with Crippen LogP contribution >= 0.6 is 11.6 Å². The van der Waals surface area contributed by atoms with E-state index in [1.807, 2.05) is 30.3 Å². The largest absolute Gasteiger partial charge is 0.458 e. The molecule has 0 spiro atoms. The first kappa shape index (κ1) is 14.1. The lowest BCUT2D eigenvalue weighted by atomic mass is 10.0. The standard InChI is InChI=1S/C17H17ClN2O/c1-11-4-2-5-12(8-11)9-15(20-19)16-10-13-6-3-7-14(18)17(13)21-16/h2-8,10,15,20H,9,19H2,1H3. The van der Waals surface area contributed by atoms with Crippen LogP contribution < -0.4 is 11.3 Å². The maximum atomic E-state index is 6.15. The summed E-state index contributed by atoms with van der Waals surface area (Å²) in [6.45, 7) is 2.08. The molecule has 0 fully saturated rings. The second-order valence-electron chi connectivity index (χ2n) is 5.22. The number of para-hydroxylation sites is 1. The van der Waals surface area contributed by atoms with Gasteiger partial charge >= 0.3 is 0 Å². The van der Waals surface area contributed by atoms with Crippen molar-refractivity contribution in [2.45, 2.75) is 19.4 Å². The maximum absolute atomic E-state index is 6.15. The van der Waals surface area contributed by atoms with Gasteiger partial charge in [0.1, 0.15) is 5.76 Å². The minimum Gasteiger partial charge on any atom is -0.458 e. The summed E-state index contributed by atoms with van der Waals surface area (Å²) in [6, 6.07) is 16.0. The summed E-state index contributed by atoms with van der Waals surface area (Å²) < 4.78 is 5.88. The Hall–Kier alpha value is -1.81. The molecule has 1 unspecified atom stereocenters. The summed E-state index contributed by atoms with van der Waals surface area (Å²) in [6.07, 6.45) is 0.760. The number of furan rings is 1. The lowest BCUT2D eigenvalue weighted by Crippen LogP contribution is -2.29. The Morgan fingerprint density at radius 3 is 2.71 bits per heavy atom. The van der Waals surface area contributed by atoms with Crippen LogP contribution in [0.4, 0.5) is 0 Å². The number of rotatable bonds is 4. The summed E-state index contributed by atoms with van der Waals surface area (Å²) >= 11 is 6.15. The number of nitrogens with two attached hydrogens (primary N) is 1. The van der Waals surface area contributed by atoms with Crippen molar-refractivity contribution in [1.82, 2.24) is 5.43 Å². The normalized spacial score (nSPS) is 12.7. The van der Waals surface area contributed by atoms with Crippen LogP contribution in [0.2, 0.25) is 5.02 Å². The molecule has 0 saturated carbocycles. The molecule has 1 aromatic heterocycles. The van der Waals surface area contributed by atoms with Gasteiger partial charge in [-0.25, -0.2) is 5.43 Å². The van der Waals surface area contributed by atoms with Gasteiger partial charge < -0.3 is 4.42 Å². The van der Waals surface area contributed by atoms with Crippen LogP contribution in [0.15, 0.2) is 52.9 Å². The molecule has 0 saturated heterocycles. The third kappa shape index (κ3) is 2.95. The molecule has 4 heteroatoms. The van der Waals surface area contributed by atoms with Crippen molar-refractivity contribution in [1.29, 1.82) is 0 Å². The molecule has 0 aliphatic rings. The molecule has 0 aliphatic heterocycles. The van der Waals surface area contributed by atoms with Gasteiger partial charge in [0.05, 0.1) is 11.1 Å². The van der Waals surface area contributed by atoms with E-state index in [9.17, 15) is 0 Å². The number of benzene rings is 2. The van der Waals surface area contributed by atoms with E-state index in [0.29, 0.717) is 10.6 Å². The fourth-order valence-electron chi connectivity index (χ4n) is 2.54. The zero-order chi connectivity index (χ0) is 14.8. The van der Waals surface area contributed by atoms with E-state index in [4.69, 9.17) is 21.9 Å². The quantitative estimate of drug-likeness (QED) is 0.562. The highest BCUT2D eigenvalue weighted by atomic mass is 35.5. The average molecular weight is 301 g/mol. The predicted octanol–water partition coefficient (Wildman–Crippen LogP) is 4.14. The molecule has 0 radical (unpaired) electrons. The van der Waals surface area contributed by atoms with Crippen LogP contribution in [0.3, 0.4) is 0 Å². The Morgan fingerprint density at radius 1 is 1.19 bits per heavy atom. The van der Waals surface area contributed by atoms with Gasteiger partial charge in [-0.3, -0.25) is 5.84 Å². The molecule has 1 heterocycles. The molecule has 2 aromatic carbocycles. The monoisotopic (exact) mass is 300 g/mol. The Bertz CT molecular complexity index is 766. The summed E-state index contributed by atoms with van der Waals surface area (Å²) in [5, 5.41) is 1.60. The van der Waals surface area contributed by atoms with Crippen molar-refractivity contribution >= 4 is 22.6 Å². The summed E-state index contributed by atoms with van der Waals surface area (Å²) in [7, 11) is 0. The molecule has 3 rings (SSSR count). The second-order valence-corrected chi connectivity index (χ2v) is 5.63. The van der Waals surface area contributed by atoms with Gasteiger partial charge in [0, 0.05) is 5.39 Å². The molecule has 0 aliphatic carbocycles. The van der Waals surface area contributed by atoms with Gasteiger partial charge in [-0.15, -0.1) is 0 Å². The van der Waals surface area contributed by atoms with Crippen molar-refractivity contribution in [3.8, 4) is 0 Å². The minimum absolute atomic E-state index is 0.0877. The van der Waals surface area contributed by atoms with E-state index in [2.05, 4.69) is 30.5 Å². The number of halogens is 1. The average Bonchev–Trinajstić information content (AvgIpc) is 2.90. The minimum atomic E-state index is -0.0877. The summed E-state index contributed by atoms with van der Waals surface area (Å²) in [5.74, 6) is 6.50. The highest BCUT2D eigenvalue weighted by molar-refractivity contribution is 6.34. The zero-order valence-corrected chi connectivity index (χ0v) is 12.5. The van der Waals surface area contributed by atoms with Gasteiger partial charge in [0.25, 0.3) is 0 Å². The van der Waals surface area contributed by atoms with Crippen LogP contribution in [0.5, 0.6) is 0 Å². The topological polar surface area (TPSA) is 51.2 Å². The molecule has 0 bridgehead atoms. The summed E-state index contributed by atoms with van der Waals surface area (Å²) in [4.78, 5) is 0. The highest BCUT2D eigenvalue weighted by Gasteiger charge is 2.16. The van der Waals surface area contributed by atoms with E-state index in [1.54, 1.807) is 0 Å². The SMILES string of the molecule is Cc1cccc(CC(NN)c2cc3cccc(Cl)c3o2)c1. The predicted molar refractivity (Wildman–Crippen MR) is 86.2 cm³/mol. The molecule has 1 atom stereocenters. The summed E-state index contributed by atoms with van der Waals surface area (Å²) in [5.41, 5.74) is 5.98. The molecule has 3 N–H and O–H groups in total. The number of hydrogen-bond acceptors (Lipinski definition) is 3. The molecular formula is C17H17ClN2O. The van der Waals surface area contributed by atoms with Crippen molar-refractivity contribution in [2.75, 3.05) is 0 Å². The Labute approximate surface area is 128 Å². The molecule has 3 nitrogen and oxygen atoms in total. The number of aryl methyl sites for hydroxylation is 1. The van der Waals surface area contributed by atoms with Gasteiger partial charge in [0.15, 0.2) is 5.58 Å². The van der Waals surface area contributed by atoms with Crippen LogP contribution in [-0.4, -0.2) is 0 Å². The van der Waals surface area contributed by atoms with Crippen molar-refractivity contribution in [3.63, 3.8) is 0 Å². The zero-order valence-electron chi connectivity index (χ0n) is 11.8. The van der Waals surface area contributed by atoms with Crippen LogP contribution in [-0.2, 0) is 6.42 Å². The third-order valence-electron chi connectivity index (χ3n) is 3.58. The van der Waals surface area contributed by atoms with Gasteiger partial charge in [-0.05, 0) is 31.0 Å². The molecular weight excluding hydrogens is 284 g/mol. The molecule has 108 valence electrons. The smallest absolute Gasteiger partial charge is 0.152 e. The van der Waals surface area contributed by atoms with Crippen LogP contribution in [0.1, 0.15) is 22.9 Å². The van der Waals surface area contributed by atoms with Gasteiger partial charge in [0.2, 0.25) is 0 Å². The van der Waals surface area contributed by atoms with Crippen molar-refractivity contribution in [2.24, 2.45) is 5.84 Å². The lowest BCUT2D eigenvalue weighted by Gasteiger charge is -2.13. The maximum Gasteiger partial charge on any atom is 0.152 e. The van der Waals surface area contributed by atoms with Crippen LogP contribution in [0, 0.1) is 6.92 Å². The lowest BCUT2D eigenvalue weighted by molar-refractivity contribution is 0.434. The first-order valence-corrected chi connectivity index (χ1v) is 7.25. The van der Waals surface area contributed by atoms with E-state index >= 15 is 0 Å². The highest BCUT2D eigenvalue weighted by Crippen LogP contribution is 2.30. The van der Waals surface area contributed by atoms with E-state index in [-0.39, 0.29) is 6.04 Å². The first-order valence-electron chi connectivity index (χ1n) is 6.87. The number of hydrogen-bond donors (Lipinski definition) is 2.